The van der Waals surface area contributed by atoms with Gasteiger partial charge in [0.1, 0.15) is 22.8 Å². The SMILES string of the molecule is COc1cccc(OC)c1C(=O)N1CCN(Cc2c(OC)ccc3ccccc23)CC1. The summed E-state index contributed by atoms with van der Waals surface area (Å²) in [5.74, 6) is 1.91. The Hall–Kier alpha value is -3.25. The van der Waals surface area contributed by atoms with Crippen LogP contribution in [0.5, 0.6) is 17.2 Å². The van der Waals surface area contributed by atoms with Crippen LogP contribution in [0.2, 0.25) is 0 Å². The average Bonchev–Trinajstić information content (AvgIpc) is 2.83. The molecule has 4 rings (SSSR count). The molecule has 1 saturated heterocycles. The highest BCUT2D eigenvalue weighted by Crippen LogP contribution is 2.31. The lowest BCUT2D eigenvalue weighted by Crippen LogP contribution is -2.48. The van der Waals surface area contributed by atoms with E-state index in [1.165, 1.54) is 16.3 Å². The number of nitrogens with zero attached hydrogens (tertiary/aromatic N) is 2. The lowest BCUT2D eigenvalue weighted by atomic mass is 10.0. The Balaban J connectivity index is 1.49. The molecule has 0 aliphatic carbocycles. The fourth-order valence-corrected chi connectivity index (χ4v) is 4.22. The fraction of sp³-hybridized carbons (Fsp3) is 0.320. The molecule has 1 aliphatic heterocycles. The molecule has 0 spiro atoms. The van der Waals surface area contributed by atoms with Crippen LogP contribution in [-0.4, -0.2) is 63.2 Å². The van der Waals surface area contributed by atoms with Gasteiger partial charge in [0.15, 0.2) is 0 Å². The molecule has 1 fully saturated rings. The topological polar surface area (TPSA) is 51.2 Å². The second-order valence-corrected chi connectivity index (χ2v) is 7.57. The van der Waals surface area contributed by atoms with E-state index in [2.05, 4.69) is 35.2 Å². The van der Waals surface area contributed by atoms with Crippen molar-refractivity contribution < 1.29 is 19.0 Å². The Labute approximate surface area is 182 Å². The zero-order chi connectivity index (χ0) is 21.8. The van der Waals surface area contributed by atoms with Crippen molar-refractivity contribution in [2.24, 2.45) is 0 Å². The summed E-state index contributed by atoms with van der Waals surface area (Å²) in [5.41, 5.74) is 1.67. The number of piperazine rings is 1. The maximum Gasteiger partial charge on any atom is 0.261 e. The first kappa shape index (κ1) is 21.0. The molecule has 6 heteroatoms. The highest BCUT2D eigenvalue weighted by Gasteiger charge is 2.27. The summed E-state index contributed by atoms with van der Waals surface area (Å²) in [6.07, 6.45) is 0. The molecule has 6 nitrogen and oxygen atoms in total. The van der Waals surface area contributed by atoms with Crippen LogP contribution in [0.3, 0.4) is 0 Å². The molecule has 0 unspecified atom stereocenters. The maximum atomic E-state index is 13.2. The molecule has 1 heterocycles. The molecule has 3 aromatic carbocycles. The summed E-state index contributed by atoms with van der Waals surface area (Å²) >= 11 is 0. The minimum absolute atomic E-state index is 0.0586. The molecule has 31 heavy (non-hydrogen) atoms. The average molecular weight is 421 g/mol. The lowest BCUT2D eigenvalue weighted by molar-refractivity contribution is 0.0621. The van der Waals surface area contributed by atoms with Crippen LogP contribution in [-0.2, 0) is 6.54 Å². The molecule has 0 radical (unpaired) electrons. The quantitative estimate of drug-likeness (QED) is 0.607. The summed E-state index contributed by atoms with van der Waals surface area (Å²) in [5, 5.41) is 2.41. The van der Waals surface area contributed by atoms with Gasteiger partial charge in [0.2, 0.25) is 0 Å². The molecule has 3 aromatic rings. The predicted octanol–water partition coefficient (Wildman–Crippen LogP) is 3.82. The summed E-state index contributed by atoms with van der Waals surface area (Å²) in [4.78, 5) is 17.5. The van der Waals surface area contributed by atoms with Gasteiger partial charge in [-0.05, 0) is 29.0 Å². The molecule has 0 saturated carbocycles. The first-order valence-corrected chi connectivity index (χ1v) is 10.4. The van der Waals surface area contributed by atoms with E-state index in [-0.39, 0.29) is 5.91 Å². The largest absolute Gasteiger partial charge is 0.496 e. The third-order valence-electron chi connectivity index (χ3n) is 5.90. The number of methoxy groups -OCH3 is 3. The van der Waals surface area contributed by atoms with E-state index in [9.17, 15) is 4.79 Å². The first-order valence-electron chi connectivity index (χ1n) is 10.4. The van der Waals surface area contributed by atoms with Crippen LogP contribution >= 0.6 is 0 Å². The molecule has 0 bridgehead atoms. The minimum Gasteiger partial charge on any atom is -0.496 e. The van der Waals surface area contributed by atoms with Gasteiger partial charge in [-0.2, -0.15) is 0 Å². The zero-order valence-corrected chi connectivity index (χ0v) is 18.3. The molecule has 162 valence electrons. The van der Waals surface area contributed by atoms with Gasteiger partial charge < -0.3 is 19.1 Å². The molecule has 0 N–H and O–H groups in total. The van der Waals surface area contributed by atoms with Crippen LogP contribution in [0.25, 0.3) is 10.8 Å². The maximum absolute atomic E-state index is 13.2. The first-order chi connectivity index (χ1) is 15.2. The summed E-state index contributed by atoms with van der Waals surface area (Å²) < 4.78 is 16.5. The Morgan fingerprint density at radius 2 is 1.42 bits per heavy atom. The smallest absolute Gasteiger partial charge is 0.261 e. The normalized spacial score (nSPS) is 14.5. The van der Waals surface area contributed by atoms with E-state index in [0.717, 1.165) is 25.4 Å². The Bertz CT molecular complexity index is 1050. The van der Waals surface area contributed by atoms with Crippen molar-refractivity contribution in [2.45, 2.75) is 6.54 Å². The zero-order valence-electron chi connectivity index (χ0n) is 18.3. The Morgan fingerprint density at radius 1 is 0.774 bits per heavy atom. The van der Waals surface area contributed by atoms with Crippen LogP contribution in [0.4, 0.5) is 0 Å². The number of carbonyl (C=O) groups is 1. The third kappa shape index (κ3) is 4.16. The van der Waals surface area contributed by atoms with Crippen molar-refractivity contribution in [1.29, 1.82) is 0 Å². The standard InChI is InChI=1S/C25H28N2O4/c1-29-21-12-11-18-7-4-5-8-19(18)20(21)17-26-13-15-27(16-14-26)25(28)24-22(30-2)9-6-10-23(24)31-3/h4-12H,13-17H2,1-3H3. The number of hydrogen-bond donors (Lipinski definition) is 0. The van der Waals surface area contributed by atoms with E-state index in [0.29, 0.717) is 30.2 Å². The number of rotatable bonds is 6. The fourth-order valence-electron chi connectivity index (χ4n) is 4.22. The van der Waals surface area contributed by atoms with Gasteiger partial charge in [-0.1, -0.05) is 36.4 Å². The van der Waals surface area contributed by atoms with Crippen LogP contribution in [0.1, 0.15) is 15.9 Å². The van der Waals surface area contributed by atoms with Gasteiger partial charge in [0.25, 0.3) is 5.91 Å². The predicted molar refractivity (Wildman–Crippen MR) is 121 cm³/mol. The highest BCUT2D eigenvalue weighted by atomic mass is 16.5. The number of amides is 1. The van der Waals surface area contributed by atoms with Gasteiger partial charge >= 0.3 is 0 Å². The van der Waals surface area contributed by atoms with Crippen molar-refractivity contribution in [3.63, 3.8) is 0 Å². The number of fused-ring (bicyclic) bond motifs is 1. The van der Waals surface area contributed by atoms with E-state index >= 15 is 0 Å². The highest BCUT2D eigenvalue weighted by molar-refractivity contribution is 5.99. The van der Waals surface area contributed by atoms with Crippen LogP contribution in [0, 0.1) is 0 Å². The Morgan fingerprint density at radius 3 is 2.06 bits per heavy atom. The second-order valence-electron chi connectivity index (χ2n) is 7.57. The molecular weight excluding hydrogens is 392 g/mol. The summed E-state index contributed by atoms with van der Waals surface area (Å²) in [6.45, 7) is 3.65. The van der Waals surface area contributed by atoms with Gasteiger partial charge in [-0.3, -0.25) is 9.69 Å². The van der Waals surface area contributed by atoms with Crippen LogP contribution < -0.4 is 14.2 Å². The van der Waals surface area contributed by atoms with Gasteiger partial charge in [0, 0.05) is 38.3 Å². The molecule has 1 amide bonds. The second kappa shape index (κ2) is 9.27. The van der Waals surface area contributed by atoms with Gasteiger partial charge in [-0.25, -0.2) is 0 Å². The molecule has 0 atom stereocenters. The summed E-state index contributed by atoms with van der Waals surface area (Å²) in [6, 6.07) is 17.9. The third-order valence-corrected chi connectivity index (χ3v) is 5.90. The minimum atomic E-state index is -0.0586. The number of benzene rings is 3. The van der Waals surface area contributed by atoms with Crippen molar-refractivity contribution in [2.75, 3.05) is 47.5 Å². The van der Waals surface area contributed by atoms with Crippen molar-refractivity contribution in [1.82, 2.24) is 9.80 Å². The van der Waals surface area contributed by atoms with E-state index in [1.54, 1.807) is 33.5 Å². The van der Waals surface area contributed by atoms with E-state index in [4.69, 9.17) is 14.2 Å². The molecule has 0 aromatic heterocycles. The summed E-state index contributed by atoms with van der Waals surface area (Å²) in [7, 11) is 4.85. The van der Waals surface area contributed by atoms with Gasteiger partial charge in [-0.15, -0.1) is 0 Å². The molecule has 1 aliphatic rings. The van der Waals surface area contributed by atoms with Gasteiger partial charge in [0.05, 0.1) is 21.3 Å². The van der Waals surface area contributed by atoms with E-state index in [1.807, 2.05) is 17.0 Å². The molecular formula is C25H28N2O4. The monoisotopic (exact) mass is 420 g/mol. The van der Waals surface area contributed by atoms with E-state index < -0.39 is 0 Å². The van der Waals surface area contributed by atoms with Crippen molar-refractivity contribution in [3.8, 4) is 17.2 Å². The number of hydrogen-bond acceptors (Lipinski definition) is 5. The number of carbonyl (C=O) groups excluding carboxylic acids is 1. The van der Waals surface area contributed by atoms with Crippen LogP contribution in [0.15, 0.2) is 54.6 Å². The number of ether oxygens (including phenoxy) is 3. The van der Waals surface area contributed by atoms with Crippen molar-refractivity contribution >= 4 is 16.7 Å². The van der Waals surface area contributed by atoms with Crippen molar-refractivity contribution in [3.05, 3.63) is 65.7 Å². The Kier molecular flexibility index (Phi) is 6.28. The lowest BCUT2D eigenvalue weighted by Gasteiger charge is -2.35.